The molecule has 1 aromatic heterocycles. The molecule has 6 heteroatoms. The highest BCUT2D eigenvalue weighted by Crippen LogP contribution is 2.60. The molecule has 0 spiro atoms. The zero-order chi connectivity index (χ0) is 17.2. The van der Waals surface area contributed by atoms with Gasteiger partial charge in [0.25, 0.3) is 0 Å². The maximum Gasteiger partial charge on any atom is 0.244 e. The average Bonchev–Trinajstić information content (AvgIpc) is 3.25. The van der Waals surface area contributed by atoms with Crippen LogP contribution in [0.5, 0.6) is 0 Å². The van der Waals surface area contributed by atoms with Crippen LogP contribution in [0.15, 0.2) is 12.4 Å². The SMILES string of the molecule is Cn1cc([C@H]2C[C@@H]2C(=O)NNC(=O)C23CC4CC(CC(C4)C2)C3)cn1. The normalized spacial score (nSPS) is 40.8. The van der Waals surface area contributed by atoms with Gasteiger partial charge in [0.05, 0.1) is 11.6 Å². The standard InChI is InChI=1S/C19H26N4O2/c1-23-10-14(9-20-23)15-5-16(15)17(24)21-22-18(25)19-6-11-2-12(7-19)4-13(3-11)8-19/h9-13,15-16H,2-8H2,1H3,(H,21,24)(H,22,25)/t11?,12?,13?,15-,16+,19?/m1/s1. The van der Waals surface area contributed by atoms with Crippen molar-refractivity contribution in [2.75, 3.05) is 0 Å². The highest BCUT2D eigenvalue weighted by Gasteiger charge is 2.55. The summed E-state index contributed by atoms with van der Waals surface area (Å²) >= 11 is 0. The molecular formula is C19H26N4O2. The van der Waals surface area contributed by atoms with Gasteiger partial charge in [0.2, 0.25) is 11.8 Å². The first kappa shape index (κ1) is 15.4. The summed E-state index contributed by atoms with van der Waals surface area (Å²) in [5.41, 5.74) is 6.38. The Morgan fingerprint density at radius 3 is 2.28 bits per heavy atom. The van der Waals surface area contributed by atoms with Gasteiger partial charge in [-0.2, -0.15) is 5.10 Å². The van der Waals surface area contributed by atoms with Crippen LogP contribution in [-0.4, -0.2) is 21.6 Å². The molecule has 5 saturated carbocycles. The largest absolute Gasteiger partial charge is 0.276 e. The van der Waals surface area contributed by atoms with Crippen molar-refractivity contribution >= 4 is 11.8 Å². The second-order valence-corrected chi connectivity index (χ2v) is 9.04. The predicted octanol–water partition coefficient (Wildman–Crippen LogP) is 1.89. The fraction of sp³-hybridized carbons (Fsp3) is 0.737. The van der Waals surface area contributed by atoms with Gasteiger partial charge in [-0.1, -0.05) is 0 Å². The van der Waals surface area contributed by atoms with Crippen molar-refractivity contribution < 1.29 is 9.59 Å². The number of aryl methyl sites for hydroxylation is 1. The quantitative estimate of drug-likeness (QED) is 0.824. The smallest absolute Gasteiger partial charge is 0.244 e. The molecule has 25 heavy (non-hydrogen) atoms. The number of carbonyl (C=O) groups excluding carboxylic acids is 2. The van der Waals surface area contributed by atoms with Gasteiger partial charge >= 0.3 is 0 Å². The van der Waals surface area contributed by atoms with Crippen molar-refractivity contribution in [1.82, 2.24) is 20.6 Å². The molecular weight excluding hydrogens is 316 g/mol. The number of carbonyl (C=O) groups is 2. The van der Waals surface area contributed by atoms with Crippen LogP contribution in [-0.2, 0) is 16.6 Å². The van der Waals surface area contributed by atoms with Gasteiger partial charge in [-0.05, 0) is 74.2 Å². The Kier molecular flexibility index (Phi) is 3.28. The van der Waals surface area contributed by atoms with Crippen LogP contribution >= 0.6 is 0 Å². The van der Waals surface area contributed by atoms with Crippen LogP contribution in [0.3, 0.4) is 0 Å². The van der Waals surface area contributed by atoms with E-state index in [0.717, 1.165) is 49.0 Å². The maximum absolute atomic E-state index is 12.9. The van der Waals surface area contributed by atoms with Crippen LogP contribution in [0.1, 0.15) is 56.4 Å². The molecule has 5 aliphatic carbocycles. The van der Waals surface area contributed by atoms with Gasteiger partial charge in [0.1, 0.15) is 0 Å². The molecule has 2 amide bonds. The molecule has 0 saturated heterocycles. The van der Waals surface area contributed by atoms with E-state index in [1.165, 1.54) is 19.3 Å². The van der Waals surface area contributed by atoms with Crippen molar-refractivity contribution in [2.24, 2.45) is 36.1 Å². The van der Waals surface area contributed by atoms with Crippen LogP contribution in [0.4, 0.5) is 0 Å². The fourth-order valence-electron chi connectivity index (χ4n) is 6.22. The third-order valence-corrected chi connectivity index (χ3v) is 7.10. The van der Waals surface area contributed by atoms with E-state index in [0.29, 0.717) is 0 Å². The van der Waals surface area contributed by atoms with Crippen molar-refractivity contribution in [3.63, 3.8) is 0 Å². The van der Waals surface area contributed by atoms with Gasteiger partial charge < -0.3 is 0 Å². The summed E-state index contributed by atoms with van der Waals surface area (Å²) in [5, 5.41) is 4.17. The minimum atomic E-state index is -0.214. The summed E-state index contributed by atoms with van der Waals surface area (Å²) in [6.07, 6.45) is 11.6. The fourth-order valence-corrected chi connectivity index (χ4v) is 6.22. The lowest BCUT2D eigenvalue weighted by atomic mass is 9.49. The third kappa shape index (κ3) is 2.57. The Labute approximate surface area is 147 Å². The van der Waals surface area contributed by atoms with Gasteiger partial charge in [0.15, 0.2) is 0 Å². The highest BCUT2D eigenvalue weighted by molar-refractivity contribution is 5.88. The van der Waals surface area contributed by atoms with E-state index < -0.39 is 0 Å². The van der Waals surface area contributed by atoms with E-state index in [1.807, 2.05) is 19.4 Å². The zero-order valence-electron chi connectivity index (χ0n) is 14.7. The number of hydrogen-bond donors (Lipinski definition) is 2. The monoisotopic (exact) mass is 342 g/mol. The third-order valence-electron chi connectivity index (χ3n) is 7.10. The predicted molar refractivity (Wildman–Crippen MR) is 90.9 cm³/mol. The van der Waals surface area contributed by atoms with Crippen molar-refractivity contribution in [1.29, 1.82) is 0 Å². The second-order valence-electron chi connectivity index (χ2n) is 9.04. The second kappa shape index (κ2) is 5.32. The van der Waals surface area contributed by atoms with Crippen LogP contribution < -0.4 is 10.9 Å². The molecule has 0 aliphatic heterocycles. The molecule has 2 atom stereocenters. The molecule has 4 bridgehead atoms. The first-order valence-electron chi connectivity index (χ1n) is 9.61. The minimum absolute atomic E-state index is 0.0409. The molecule has 1 aromatic rings. The van der Waals surface area contributed by atoms with Gasteiger partial charge in [-0.3, -0.25) is 25.1 Å². The van der Waals surface area contributed by atoms with Gasteiger partial charge in [-0.15, -0.1) is 0 Å². The summed E-state index contributed by atoms with van der Waals surface area (Å²) in [7, 11) is 1.88. The topological polar surface area (TPSA) is 76.0 Å². The van der Waals surface area contributed by atoms with Crippen LogP contribution in [0.25, 0.3) is 0 Å². The molecule has 134 valence electrons. The van der Waals surface area contributed by atoms with E-state index in [9.17, 15) is 9.59 Å². The van der Waals surface area contributed by atoms with E-state index in [1.54, 1.807) is 4.68 Å². The zero-order valence-corrected chi connectivity index (χ0v) is 14.7. The lowest BCUT2D eigenvalue weighted by Gasteiger charge is -2.55. The molecule has 2 N–H and O–H groups in total. The first-order valence-corrected chi connectivity index (χ1v) is 9.61. The Morgan fingerprint density at radius 1 is 1.08 bits per heavy atom. The molecule has 5 fully saturated rings. The number of nitrogens with zero attached hydrogens (tertiary/aromatic N) is 2. The molecule has 1 heterocycles. The number of aromatic nitrogens is 2. The average molecular weight is 342 g/mol. The van der Waals surface area contributed by atoms with E-state index in [-0.39, 0.29) is 29.1 Å². The number of hydrazine groups is 1. The first-order chi connectivity index (χ1) is 12.0. The lowest BCUT2D eigenvalue weighted by Crippen LogP contribution is -2.56. The Morgan fingerprint density at radius 2 is 1.72 bits per heavy atom. The molecule has 5 aliphatic rings. The summed E-state index contributed by atoms with van der Waals surface area (Å²) in [6.45, 7) is 0. The van der Waals surface area contributed by atoms with E-state index in [4.69, 9.17) is 0 Å². The summed E-state index contributed by atoms with van der Waals surface area (Å²) in [4.78, 5) is 25.2. The van der Waals surface area contributed by atoms with Gasteiger partial charge in [0, 0.05) is 19.2 Å². The Hall–Kier alpha value is -1.85. The van der Waals surface area contributed by atoms with Crippen LogP contribution in [0.2, 0.25) is 0 Å². The Bertz CT molecular complexity index is 689. The number of nitrogens with one attached hydrogen (secondary N) is 2. The molecule has 6 nitrogen and oxygen atoms in total. The van der Waals surface area contributed by atoms with E-state index in [2.05, 4.69) is 16.0 Å². The molecule has 6 rings (SSSR count). The molecule has 0 unspecified atom stereocenters. The van der Waals surface area contributed by atoms with Crippen LogP contribution in [0, 0.1) is 29.1 Å². The summed E-state index contributed by atoms with van der Waals surface area (Å²) in [6, 6.07) is 0. The number of rotatable bonds is 3. The number of amides is 2. The van der Waals surface area contributed by atoms with Crippen molar-refractivity contribution in [3.05, 3.63) is 18.0 Å². The van der Waals surface area contributed by atoms with Crippen molar-refractivity contribution in [3.8, 4) is 0 Å². The maximum atomic E-state index is 12.9. The minimum Gasteiger partial charge on any atom is -0.276 e. The summed E-state index contributed by atoms with van der Waals surface area (Å²) < 4.78 is 1.76. The molecule has 0 radical (unpaired) electrons. The lowest BCUT2D eigenvalue weighted by molar-refractivity contribution is -0.149. The highest BCUT2D eigenvalue weighted by atomic mass is 16.2. The summed E-state index contributed by atoms with van der Waals surface area (Å²) in [5.74, 6) is 2.37. The number of hydrogen-bond acceptors (Lipinski definition) is 3. The van der Waals surface area contributed by atoms with E-state index >= 15 is 0 Å². The Balaban J connectivity index is 1.18. The van der Waals surface area contributed by atoms with Gasteiger partial charge in [-0.25, -0.2) is 0 Å². The molecule has 0 aromatic carbocycles. The van der Waals surface area contributed by atoms with Crippen molar-refractivity contribution in [2.45, 2.75) is 50.9 Å².